The van der Waals surface area contributed by atoms with E-state index in [9.17, 15) is 0 Å². The van der Waals surface area contributed by atoms with Gasteiger partial charge in [-0.1, -0.05) is 29.9 Å². The molecule has 0 amide bonds. The summed E-state index contributed by atoms with van der Waals surface area (Å²) in [4.78, 5) is 4.95. The Morgan fingerprint density at radius 1 is 0.857 bits per heavy atom. The van der Waals surface area contributed by atoms with Crippen LogP contribution < -0.4 is 9.47 Å². The van der Waals surface area contributed by atoms with Gasteiger partial charge < -0.3 is 14.3 Å². The van der Waals surface area contributed by atoms with Crippen LogP contribution in [0.15, 0.2) is 72.4 Å². The average Bonchev–Trinajstić information content (AvgIpc) is 2.53. The van der Waals surface area contributed by atoms with Crippen LogP contribution >= 0.6 is 0 Å². The minimum absolute atomic E-state index is 0.382. The summed E-state index contributed by atoms with van der Waals surface area (Å²) in [5, 5.41) is 3.64. The predicted octanol–water partition coefficient (Wildman–Crippen LogP) is 4.05. The second-order valence-corrected chi connectivity index (χ2v) is 4.06. The molecule has 0 aliphatic carbocycles. The quantitative estimate of drug-likeness (QED) is 0.417. The second kappa shape index (κ2) is 8.43. The zero-order chi connectivity index (χ0) is 14.8. The molecule has 0 spiro atoms. The number of hydrogen-bond donors (Lipinski definition) is 0. The molecule has 0 N–H and O–H groups in total. The third-order valence-corrected chi connectivity index (χ3v) is 2.49. The number of para-hydroxylation sites is 1. The normalized spacial score (nSPS) is 10.3. The van der Waals surface area contributed by atoms with Crippen LogP contribution in [0.3, 0.4) is 0 Å². The Morgan fingerprint density at radius 2 is 1.52 bits per heavy atom. The first-order valence-electron chi connectivity index (χ1n) is 6.60. The lowest BCUT2D eigenvalue weighted by Gasteiger charge is -2.08. The minimum Gasteiger partial charge on any atom is -0.490 e. The predicted molar refractivity (Wildman–Crippen MR) is 83.1 cm³/mol. The Hall–Kier alpha value is -2.75. The van der Waals surface area contributed by atoms with E-state index in [2.05, 4.69) is 11.7 Å². The van der Waals surface area contributed by atoms with Gasteiger partial charge in [0.05, 0.1) is 6.21 Å². The van der Waals surface area contributed by atoms with Gasteiger partial charge in [0.2, 0.25) is 0 Å². The summed E-state index contributed by atoms with van der Waals surface area (Å²) in [5.41, 5.74) is 0. The van der Waals surface area contributed by atoms with E-state index in [4.69, 9.17) is 14.3 Å². The molecule has 4 nitrogen and oxygen atoms in total. The number of allylic oxidation sites excluding steroid dienone is 1. The molecular weight excluding hydrogens is 266 g/mol. The maximum Gasteiger partial charge on any atom is 0.151 e. The van der Waals surface area contributed by atoms with Crippen LogP contribution in [-0.2, 0) is 4.84 Å². The second-order valence-electron chi connectivity index (χ2n) is 4.06. The van der Waals surface area contributed by atoms with Crippen LogP contribution in [0.2, 0.25) is 0 Å². The summed E-state index contributed by atoms with van der Waals surface area (Å²) in [6.45, 7) is 4.30. The monoisotopic (exact) mass is 283 g/mol. The number of nitrogens with zero attached hydrogens (tertiary/aromatic N) is 1. The average molecular weight is 283 g/mol. The maximum atomic E-state index is 5.69. The lowest BCUT2D eigenvalue weighted by atomic mass is 10.3. The van der Waals surface area contributed by atoms with E-state index >= 15 is 0 Å². The van der Waals surface area contributed by atoms with Crippen LogP contribution in [-0.4, -0.2) is 19.4 Å². The number of oxime groups is 1. The molecule has 0 heterocycles. The highest BCUT2D eigenvalue weighted by molar-refractivity contribution is 5.69. The zero-order valence-corrected chi connectivity index (χ0v) is 11.6. The molecule has 0 aliphatic rings. The van der Waals surface area contributed by atoms with Crippen LogP contribution in [0.25, 0.3) is 0 Å². The standard InChI is InChI=1S/C17H17NO3/c1-2-12-18-20-14-13-19-15-8-10-17(11-9-15)21-16-6-4-3-5-7-16/h2-12H,1,13-14H2/b18-12+. The van der Waals surface area contributed by atoms with Crippen molar-refractivity contribution < 1.29 is 14.3 Å². The van der Waals surface area contributed by atoms with Gasteiger partial charge in [0, 0.05) is 0 Å². The molecule has 0 saturated carbocycles. The van der Waals surface area contributed by atoms with Crippen molar-refractivity contribution in [2.24, 2.45) is 5.16 Å². The molecule has 0 unspecified atom stereocenters. The Balaban J connectivity index is 1.77. The van der Waals surface area contributed by atoms with Crippen molar-refractivity contribution in [2.75, 3.05) is 13.2 Å². The van der Waals surface area contributed by atoms with E-state index in [1.807, 2.05) is 54.6 Å². The SMILES string of the molecule is C=C/C=N/OCCOc1ccc(Oc2ccccc2)cc1. The Kier molecular flexibility index (Phi) is 5.88. The van der Waals surface area contributed by atoms with E-state index in [1.54, 1.807) is 6.08 Å². The molecule has 2 aromatic rings. The molecule has 108 valence electrons. The van der Waals surface area contributed by atoms with Gasteiger partial charge in [-0.25, -0.2) is 0 Å². The van der Waals surface area contributed by atoms with Crippen molar-refractivity contribution in [1.29, 1.82) is 0 Å². The Morgan fingerprint density at radius 3 is 2.24 bits per heavy atom. The van der Waals surface area contributed by atoms with Gasteiger partial charge in [-0.2, -0.15) is 0 Å². The van der Waals surface area contributed by atoms with E-state index in [-0.39, 0.29) is 0 Å². The molecule has 0 fully saturated rings. The van der Waals surface area contributed by atoms with Crippen molar-refractivity contribution in [2.45, 2.75) is 0 Å². The number of hydrogen-bond acceptors (Lipinski definition) is 4. The summed E-state index contributed by atoms with van der Waals surface area (Å²) in [6.07, 6.45) is 3.03. The van der Waals surface area contributed by atoms with Gasteiger partial charge in [-0.05, 0) is 42.5 Å². The minimum atomic E-state index is 0.382. The third kappa shape index (κ3) is 5.40. The van der Waals surface area contributed by atoms with E-state index in [1.165, 1.54) is 6.21 Å². The van der Waals surface area contributed by atoms with E-state index in [0.29, 0.717) is 13.2 Å². The van der Waals surface area contributed by atoms with Crippen LogP contribution in [0.4, 0.5) is 0 Å². The third-order valence-electron chi connectivity index (χ3n) is 2.49. The van der Waals surface area contributed by atoms with Crippen molar-refractivity contribution in [1.82, 2.24) is 0 Å². The first-order chi connectivity index (χ1) is 10.4. The molecule has 0 aromatic heterocycles. The first kappa shape index (κ1) is 14.7. The number of rotatable bonds is 8. The highest BCUT2D eigenvalue weighted by Crippen LogP contribution is 2.23. The summed E-state index contributed by atoms with van der Waals surface area (Å²) in [7, 11) is 0. The highest BCUT2D eigenvalue weighted by Gasteiger charge is 1.98. The molecule has 2 rings (SSSR count). The summed E-state index contributed by atoms with van der Waals surface area (Å²) >= 11 is 0. The molecule has 0 radical (unpaired) electrons. The number of ether oxygens (including phenoxy) is 2. The molecule has 0 atom stereocenters. The number of benzene rings is 2. The van der Waals surface area contributed by atoms with Crippen molar-refractivity contribution in [3.05, 3.63) is 67.3 Å². The Labute approximate surface area is 124 Å². The molecular formula is C17H17NO3. The largest absolute Gasteiger partial charge is 0.490 e. The van der Waals surface area contributed by atoms with Crippen molar-refractivity contribution >= 4 is 6.21 Å². The fourth-order valence-corrected chi connectivity index (χ4v) is 1.56. The summed E-state index contributed by atoms with van der Waals surface area (Å²) in [6, 6.07) is 17.1. The summed E-state index contributed by atoms with van der Waals surface area (Å²) in [5.74, 6) is 2.33. The zero-order valence-electron chi connectivity index (χ0n) is 11.6. The topological polar surface area (TPSA) is 40.0 Å². The van der Waals surface area contributed by atoms with Gasteiger partial charge >= 0.3 is 0 Å². The van der Waals surface area contributed by atoms with Gasteiger partial charge in [0.15, 0.2) is 6.61 Å². The molecule has 2 aromatic carbocycles. The molecule has 4 heteroatoms. The lowest BCUT2D eigenvalue weighted by molar-refractivity contribution is 0.108. The van der Waals surface area contributed by atoms with Crippen molar-refractivity contribution in [3.8, 4) is 17.2 Å². The lowest BCUT2D eigenvalue weighted by Crippen LogP contribution is -2.03. The highest BCUT2D eigenvalue weighted by atomic mass is 16.6. The first-order valence-corrected chi connectivity index (χ1v) is 6.60. The maximum absolute atomic E-state index is 5.69. The Bertz CT molecular complexity index is 564. The van der Waals surface area contributed by atoms with Crippen LogP contribution in [0.1, 0.15) is 0 Å². The fourth-order valence-electron chi connectivity index (χ4n) is 1.56. The fraction of sp³-hybridized carbons (Fsp3) is 0.118. The van der Waals surface area contributed by atoms with Gasteiger partial charge in [-0.15, -0.1) is 0 Å². The smallest absolute Gasteiger partial charge is 0.151 e. The molecule has 0 bridgehead atoms. The van der Waals surface area contributed by atoms with Crippen LogP contribution in [0.5, 0.6) is 17.2 Å². The molecule has 0 aliphatic heterocycles. The molecule has 21 heavy (non-hydrogen) atoms. The van der Waals surface area contributed by atoms with E-state index < -0.39 is 0 Å². The molecule has 0 saturated heterocycles. The van der Waals surface area contributed by atoms with Crippen LogP contribution in [0, 0.1) is 0 Å². The van der Waals surface area contributed by atoms with Gasteiger partial charge in [0.1, 0.15) is 23.9 Å². The van der Waals surface area contributed by atoms with Gasteiger partial charge in [0.25, 0.3) is 0 Å². The van der Waals surface area contributed by atoms with E-state index in [0.717, 1.165) is 17.2 Å². The van der Waals surface area contributed by atoms with Gasteiger partial charge in [-0.3, -0.25) is 0 Å². The van der Waals surface area contributed by atoms with Crippen molar-refractivity contribution in [3.63, 3.8) is 0 Å². The summed E-state index contributed by atoms with van der Waals surface area (Å²) < 4.78 is 11.2.